The maximum atomic E-state index is 12.5. The third kappa shape index (κ3) is 9.85. The predicted molar refractivity (Wildman–Crippen MR) is 136 cm³/mol. The van der Waals surface area contributed by atoms with Gasteiger partial charge in [-0.15, -0.1) is 0 Å². The van der Waals surface area contributed by atoms with Crippen LogP contribution in [0.4, 0.5) is 0 Å². The molecule has 0 amide bonds. The fraction of sp³-hybridized carbons (Fsp3) is 0.207. The first kappa shape index (κ1) is 27.9. The molecule has 2 aromatic rings. The summed E-state index contributed by atoms with van der Waals surface area (Å²) < 4.78 is 21.2. The van der Waals surface area contributed by atoms with E-state index in [9.17, 15) is 14.4 Å². The Bertz CT molecular complexity index is 1120. The lowest BCUT2D eigenvalue weighted by Gasteiger charge is -2.08. The summed E-state index contributed by atoms with van der Waals surface area (Å²) in [4.78, 5) is 35.6. The van der Waals surface area contributed by atoms with Gasteiger partial charge in [-0.05, 0) is 81.3 Å². The zero-order valence-electron chi connectivity index (χ0n) is 20.5. The fourth-order valence-corrected chi connectivity index (χ4v) is 2.75. The molecule has 36 heavy (non-hydrogen) atoms. The topological polar surface area (TPSA) is 88.1 Å². The van der Waals surface area contributed by atoms with Crippen molar-refractivity contribution in [2.75, 3.05) is 13.2 Å². The number of carbonyl (C=O) groups is 3. The summed E-state index contributed by atoms with van der Waals surface area (Å²) in [5.74, 6) is -0.365. The van der Waals surface area contributed by atoms with Crippen molar-refractivity contribution in [1.82, 2.24) is 0 Å². The van der Waals surface area contributed by atoms with Gasteiger partial charge in [0.05, 0.1) is 24.3 Å². The van der Waals surface area contributed by atoms with Gasteiger partial charge in [0.25, 0.3) is 0 Å². The van der Waals surface area contributed by atoms with Crippen LogP contribution < -0.4 is 4.74 Å². The van der Waals surface area contributed by atoms with Gasteiger partial charge in [0, 0.05) is 6.08 Å². The molecule has 0 saturated carbocycles. The van der Waals surface area contributed by atoms with Crippen molar-refractivity contribution in [2.24, 2.45) is 0 Å². The zero-order chi connectivity index (χ0) is 26.3. The van der Waals surface area contributed by atoms with Gasteiger partial charge in [-0.3, -0.25) is 0 Å². The monoisotopic (exact) mass is 490 g/mol. The summed E-state index contributed by atoms with van der Waals surface area (Å²) in [5, 5.41) is 0. The normalized spacial score (nSPS) is 11.3. The molecule has 0 fully saturated rings. The number of benzene rings is 2. The molecule has 0 spiro atoms. The molecule has 0 bridgehead atoms. The highest BCUT2D eigenvalue weighted by molar-refractivity contribution is 5.91. The molecule has 2 rings (SSSR count). The lowest BCUT2D eigenvalue weighted by Crippen LogP contribution is -2.06. The van der Waals surface area contributed by atoms with Gasteiger partial charge in [0.15, 0.2) is 0 Å². The van der Waals surface area contributed by atoms with Crippen LogP contribution in [0.1, 0.15) is 46.0 Å². The minimum absolute atomic E-state index is 0.197. The molecule has 0 aliphatic heterocycles. The molecule has 2 aromatic carbocycles. The van der Waals surface area contributed by atoms with Crippen molar-refractivity contribution < 1.29 is 33.3 Å². The Morgan fingerprint density at radius 3 is 1.97 bits per heavy atom. The lowest BCUT2D eigenvalue weighted by atomic mass is 10.1. The van der Waals surface area contributed by atoms with Crippen LogP contribution in [-0.2, 0) is 19.0 Å². The van der Waals surface area contributed by atoms with Gasteiger partial charge >= 0.3 is 17.9 Å². The average Bonchev–Trinajstić information content (AvgIpc) is 2.88. The third-order valence-corrected chi connectivity index (χ3v) is 4.74. The Morgan fingerprint density at radius 1 is 0.778 bits per heavy atom. The van der Waals surface area contributed by atoms with Crippen LogP contribution in [0.2, 0.25) is 0 Å². The van der Waals surface area contributed by atoms with Crippen molar-refractivity contribution in [3.63, 3.8) is 0 Å². The molecular weight excluding hydrogens is 460 g/mol. The molecule has 7 heteroatoms. The molecule has 0 aliphatic carbocycles. The second-order valence-electron chi connectivity index (χ2n) is 7.65. The predicted octanol–water partition coefficient (Wildman–Crippen LogP) is 5.87. The summed E-state index contributed by atoms with van der Waals surface area (Å²) in [7, 11) is 0. The van der Waals surface area contributed by atoms with E-state index in [-0.39, 0.29) is 5.76 Å². The number of hydrogen-bond acceptors (Lipinski definition) is 7. The van der Waals surface area contributed by atoms with Gasteiger partial charge in [-0.1, -0.05) is 30.9 Å². The van der Waals surface area contributed by atoms with Crippen molar-refractivity contribution in [3.8, 4) is 5.75 Å². The van der Waals surface area contributed by atoms with E-state index in [1.54, 1.807) is 43.3 Å². The summed E-state index contributed by atoms with van der Waals surface area (Å²) >= 11 is 0. The van der Waals surface area contributed by atoms with Crippen LogP contribution in [-0.4, -0.2) is 31.1 Å². The summed E-state index contributed by atoms with van der Waals surface area (Å²) in [6.07, 6.45) is 6.89. The number of carbonyl (C=O) groups excluding carboxylic acids is 3. The van der Waals surface area contributed by atoms with Gasteiger partial charge in [0.1, 0.15) is 17.3 Å². The smallest absolute Gasteiger partial charge is 0.343 e. The number of esters is 3. The number of unbranched alkanes of at least 4 members (excludes halogenated alkanes) is 1. The van der Waals surface area contributed by atoms with Crippen molar-refractivity contribution >= 4 is 17.9 Å². The van der Waals surface area contributed by atoms with Gasteiger partial charge in [-0.2, -0.15) is 0 Å². The number of aryl methyl sites for hydroxylation is 1. The SMILES string of the molecule is C=CC(=O)OCCCCOc1ccc(C(=O)O/C(C=C)=C/C=C(\C)OC(=O)c2ccc(C)cc2)cc1. The molecule has 188 valence electrons. The fourth-order valence-electron chi connectivity index (χ4n) is 2.75. The first-order valence-electron chi connectivity index (χ1n) is 11.4. The minimum Gasteiger partial charge on any atom is -0.494 e. The Hall–Kier alpha value is -4.39. The largest absolute Gasteiger partial charge is 0.494 e. The number of allylic oxidation sites excluding steroid dienone is 4. The van der Waals surface area contributed by atoms with Crippen LogP contribution in [0.5, 0.6) is 5.75 Å². The van der Waals surface area contributed by atoms with E-state index in [0.29, 0.717) is 48.7 Å². The second-order valence-corrected chi connectivity index (χ2v) is 7.65. The van der Waals surface area contributed by atoms with E-state index in [0.717, 1.165) is 11.6 Å². The molecule has 0 unspecified atom stereocenters. The average molecular weight is 491 g/mol. The maximum Gasteiger partial charge on any atom is 0.343 e. The summed E-state index contributed by atoms with van der Waals surface area (Å²) in [5.41, 5.74) is 1.81. The number of ether oxygens (including phenoxy) is 4. The van der Waals surface area contributed by atoms with Crippen LogP contribution in [0.25, 0.3) is 0 Å². The Labute approximate surface area is 211 Å². The minimum atomic E-state index is -0.570. The second kappa shape index (κ2) is 14.8. The third-order valence-electron chi connectivity index (χ3n) is 4.74. The van der Waals surface area contributed by atoms with Crippen LogP contribution >= 0.6 is 0 Å². The first-order chi connectivity index (χ1) is 17.3. The van der Waals surface area contributed by atoms with Crippen molar-refractivity contribution in [3.05, 3.63) is 114 Å². The van der Waals surface area contributed by atoms with E-state index >= 15 is 0 Å². The molecule has 0 N–H and O–H groups in total. The number of rotatable bonds is 13. The van der Waals surface area contributed by atoms with Crippen molar-refractivity contribution in [1.29, 1.82) is 0 Å². The van der Waals surface area contributed by atoms with Crippen LogP contribution in [0.15, 0.2) is 97.5 Å². The highest BCUT2D eigenvalue weighted by Crippen LogP contribution is 2.15. The quantitative estimate of drug-likeness (QED) is 0.0866. The number of hydrogen-bond donors (Lipinski definition) is 0. The van der Waals surface area contributed by atoms with Crippen molar-refractivity contribution in [2.45, 2.75) is 26.7 Å². The molecule has 0 atom stereocenters. The Balaban J connectivity index is 1.83. The highest BCUT2D eigenvalue weighted by Gasteiger charge is 2.10. The molecule has 0 aromatic heterocycles. The Morgan fingerprint density at radius 2 is 1.36 bits per heavy atom. The molecule has 0 saturated heterocycles. The van der Waals surface area contributed by atoms with Gasteiger partial charge in [0.2, 0.25) is 0 Å². The maximum absolute atomic E-state index is 12.5. The van der Waals surface area contributed by atoms with Gasteiger partial charge in [-0.25, -0.2) is 14.4 Å². The van der Waals surface area contributed by atoms with Crippen LogP contribution in [0.3, 0.4) is 0 Å². The first-order valence-corrected chi connectivity index (χ1v) is 11.4. The Kier molecular flexibility index (Phi) is 11.4. The highest BCUT2D eigenvalue weighted by atomic mass is 16.5. The van der Waals surface area contributed by atoms with E-state index in [2.05, 4.69) is 13.2 Å². The standard InChI is InChI=1S/C29H30O7/c1-5-25(16-11-22(4)35-28(31)23-12-9-21(3)10-13-23)36-29(32)24-14-17-26(18-15-24)33-19-7-8-20-34-27(30)6-2/h5-6,9-18H,1-2,7-8,19-20H2,3-4H3/b22-11+,25-16+. The molecule has 0 radical (unpaired) electrons. The molecule has 7 nitrogen and oxygen atoms in total. The lowest BCUT2D eigenvalue weighted by molar-refractivity contribution is -0.137. The van der Waals surface area contributed by atoms with E-state index in [1.165, 1.54) is 18.2 Å². The van der Waals surface area contributed by atoms with E-state index in [1.807, 2.05) is 19.1 Å². The van der Waals surface area contributed by atoms with E-state index < -0.39 is 17.9 Å². The van der Waals surface area contributed by atoms with E-state index in [4.69, 9.17) is 18.9 Å². The summed E-state index contributed by atoms with van der Waals surface area (Å²) in [6, 6.07) is 13.6. The molecule has 0 heterocycles. The molecule has 0 aliphatic rings. The summed E-state index contributed by atoms with van der Waals surface area (Å²) in [6.45, 7) is 11.3. The van der Waals surface area contributed by atoms with Crippen LogP contribution in [0, 0.1) is 6.92 Å². The van der Waals surface area contributed by atoms with Gasteiger partial charge < -0.3 is 18.9 Å². The molecular formula is C29H30O7. The zero-order valence-corrected chi connectivity index (χ0v) is 20.5.